The molecule has 1 unspecified atom stereocenters. The Morgan fingerprint density at radius 2 is 2.00 bits per heavy atom. The van der Waals surface area contributed by atoms with Gasteiger partial charge in [0.15, 0.2) is 0 Å². The summed E-state index contributed by atoms with van der Waals surface area (Å²) in [7, 11) is 0. The largest absolute Gasteiger partial charge is 0.341 e. The lowest BCUT2D eigenvalue weighted by atomic mass is 10.0. The first-order valence-electron chi connectivity index (χ1n) is 7.51. The molecule has 114 valence electrons. The number of fused-ring (bicyclic) bond motifs is 1. The van der Waals surface area contributed by atoms with Crippen molar-refractivity contribution in [3.63, 3.8) is 0 Å². The third-order valence-electron chi connectivity index (χ3n) is 3.85. The van der Waals surface area contributed by atoms with Crippen molar-refractivity contribution in [2.45, 2.75) is 47.1 Å². The maximum atomic E-state index is 12.7. The van der Waals surface area contributed by atoms with Crippen molar-refractivity contribution < 1.29 is 9.59 Å². The molecule has 1 aromatic carbocycles. The number of carbonyl (C=O) groups excluding carboxylic acids is 2. The molecule has 0 bridgehead atoms. The summed E-state index contributed by atoms with van der Waals surface area (Å²) in [4.78, 5) is 25.9. The second-order valence-corrected chi connectivity index (χ2v) is 6.33. The molecule has 1 heterocycles. The molecular formula is C17H24N2O2. The molecule has 1 aromatic rings. The molecule has 2 amide bonds. The zero-order valence-electron chi connectivity index (χ0n) is 13.5. The predicted octanol–water partition coefficient (Wildman–Crippen LogP) is 2.87. The van der Waals surface area contributed by atoms with E-state index in [4.69, 9.17) is 0 Å². The monoisotopic (exact) mass is 288 g/mol. The summed E-state index contributed by atoms with van der Waals surface area (Å²) in [5.41, 5.74) is 4.11. The Balaban J connectivity index is 2.43. The summed E-state index contributed by atoms with van der Waals surface area (Å²) >= 11 is 0. The van der Waals surface area contributed by atoms with Crippen molar-refractivity contribution in [1.82, 2.24) is 5.32 Å². The third kappa shape index (κ3) is 3.09. The number of carbonyl (C=O) groups is 2. The molecule has 1 atom stereocenters. The van der Waals surface area contributed by atoms with Gasteiger partial charge in [0.05, 0.1) is 5.69 Å². The van der Waals surface area contributed by atoms with Gasteiger partial charge in [-0.25, -0.2) is 0 Å². The lowest BCUT2D eigenvalue weighted by Gasteiger charge is -2.20. The van der Waals surface area contributed by atoms with Crippen LogP contribution in [0.5, 0.6) is 0 Å². The number of hydrogen-bond acceptors (Lipinski definition) is 2. The van der Waals surface area contributed by atoms with Crippen LogP contribution in [-0.4, -0.2) is 18.4 Å². The molecule has 2 rings (SSSR count). The normalized spacial score (nSPS) is 17.3. The number of anilines is 1. The molecule has 1 aliphatic heterocycles. The summed E-state index contributed by atoms with van der Waals surface area (Å²) < 4.78 is 0. The average Bonchev–Trinajstić information content (AvgIpc) is 2.60. The van der Waals surface area contributed by atoms with Crippen molar-refractivity contribution in [1.29, 1.82) is 0 Å². The molecule has 0 aromatic heterocycles. The van der Waals surface area contributed by atoms with E-state index < -0.39 is 6.04 Å². The van der Waals surface area contributed by atoms with Crippen LogP contribution in [0.15, 0.2) is 12.1 Å². The smallest absolute Gasteiger partial charge is 0.254 e. The van der Waals surface area contributed by atoms with Crippen LogP contribution in [-0.2, 0) is 9.59 Å². The minimum atomic E-state index is -0.539. The SMILES string of the molecule is CC(=O)NC1C(=O)N(CCC(C)C)c2c(C)cc(C)cc21. The number of rotatable bonds is 4. The van der Waals surface area contributed by atoms with Gasteiger partial charge in [-0.15, -0.1) is 0 Å². The van der Waals surface area contributed by atoms with Crippen LogP contribution in [0.4, 0.5) is 5.69 Å². The zero-order chi connectivity index (χ0) is 15.7. The summed E-state index contributed by atoms with van der Waals surface area (Å²) in [6, 6.07) is 3.56. The molecule has 0 saturated carbocycles. The van der Waals surface area contributed by atoms with E-state index in [0.717, 1.165) is 28.8 Å². The highest BCUT2D eigenvalue weighted by Gasteiger charge is 2.38. The molecule has 4 heteroatoms. The maximum Gasteiger partial charge on any atom is 0.254 e. The number of nitrogens with zero attached hydrogens (tertiary/aromatic N) is 1. The Hall–Kier alpha value is -1.84. The summed E-state index contributed by atoms with van der Waals surface area (Å²) in [6.07, 6.45) is 0.950. The summed E-state index contributed by atoms with van der Waals surface area (Å²) in [6.45, 7) is 10.5. The van der Waals surface area contributed by atoms with Gasteiger partial charge in [0.2, 0.25) is 5.91 Å². The molecule has 4 nitrogen and oxygen atoms in total. The fourth-order valence-electron chi connectivity index (χ4n) is 2.93. The van der Waals surface area contributed by atoms with Crippen molar-refractivity contribution in [2.24, 2.45) is 5.92 Å². The van der Waals surface area contributed by atoms with Gasteiger partial charge in [-0.3, -0.25) is 9.59 Å². The van der Waals surface area contributed by atoms with Gasteiger partial charge in [-0.05, 0) is 31.7 Å². The number of aryl methyl sites for hydroxylation is 2. The summed E-state index contributed by atoms with van der Waals surface area (Å²) in [5, 5.41) is 2.79. The van der Waals surface area contributed by atoms with E-state index in [1.165, 1.54) is 6.92 Å². The van der Waals surface area contributed by atoms with Crippen LogP contribution >= 0.6 is 0 Å². The second-order valence-electron chi connectivity index (χ2n) is 6.33. The Bertz CT molecular complexity index is 578. The first kappa shape index (κ1) is 15.5. The molecular weight excluding hydrogens is 264 g/mol. The zero-order valence-corrected chi connectivity index (χ0v) is 13.5. The van der Waals surface area contributed by atoms with E-state index in [0.29, 0.717) is 12.5 Å². The van der Waals surface area contributed by atoms with Crippen molar-refractivity contribution in [3.05, 3.63) is 28.8 Å². The highest BCUT2D eigenvalue weighted by Crippen LogP contribution is 2.39. The van der Waals surface area contributed by atoms with Crippen LogP contribution in [0, 0.1) is 19.8 Å². The fourth-order valence-corrected chi connectivity index (χ4v) is 2.93. The Labute approximate surface area is 126 Å². The molecule has 1 aliphatic rings. The molecule has 0 spiro atoms. The van der Waals surface area contributed by atoms with E-state index in [9.17, 15) is 9.59 Å². The van der Waals surface area contributed by atoms with E-state index in [1.807, 2.05) is 24.8 Å². The quantitative estimate of drug-likeness (QED) is 0.926. The summed E-state index contributed by atoms with van der Waals surface area (Å²) in [5.74, 6) is 0.338. The minimum absolute atomic E-state index is 0.0189. The van der Waals surface area contributed by atoms with Gasteiger partial charge >= 0.3 is 0 Å². The molecule has 0 fully saturated rings. The third-order valence-corrected chi connectivity index (χ3v) is 3.85. The van der Waals surface area contributed by atoms with Gasteiger partial charge in [0, 0.05) is 19.0 Å². The molecule has 1 N–H and O–H groups in total. The van der Waals surface area contributed by atoms with Gasteiger partial charge in [0.25, 0.3) is 5.91 Å². The molecule has 21 heavy (non-hydrogen) atoms. The Kier molecular flexibility index (Phi) is 4.35. The number of hydrogen-bond donors (Lipinski definition) is 1. The maximum absolute atomic E-state index is 12.7. The average molecular weight is 288 g/mol. The standard InChI is InChI=1S/C17H24N2O2/c1-10(2)6-7-19-16-12(4)8-11(3)9-14(16)15(17(19)21)18-13(5)20/h8-10,15H,6-7H2,1-5H3,(H,18,20). The van der Waals surface area contributed by atoms with Crippen molar-refractivity contribution in [2.75, 3.05) is 11.4 Å². The van der Waals surface area contributed by atoms with E-state index in [2.05, 4.69) is 25.2 Å². The van der Waals surface area contributed by atoms with Crippen LogP contribution in [0.2, 0.25) is 0 Å². The first-order chi connectivity index (χ1) is 9.81. The highest BCUT2D eigenvalue weighted by atomic mass is 16.2. The van der Waals surface area contributed by atoms with E-state index >= 15 is 0 Å². The van der Waals surface area contributed by atoms with Gasteiger partial charge < -0.3 is 10.2 Å². The highest BCUT2D eigenvalue weighted by molar-refractivity contribution is 6.06. The van der Waals surface area contributed by atoms with E-state index in [-0.39, 0.29) is 11.8 Å². The second kappa shape index (κ2) is 5.88. The van der Waals surface area contributed by atoms with Gasteiger partial charge in [-0.2, -0.15) is 0 Å². The minimum Gasteiger partial charge on any atom is -0.341 e. The lowest BCUT2D eigenvalue weighted by Crippen LogP contribution is -2.37. The number of benzene rings is 1. The molecule has 0 aliphatic carbocycles. The Morgan fingerprint density at radius 3 is 2.57 bits per heavy atom. The number of nitrogens with one attached hydrogen (secondary N) is 1. The van der Waals surface area contributed by atoms with Crippen LogP contribution in [0.1, 0.15) is 49.9 Å². The topological polar surface area (TPSA) is 49.4 Å². The van der Waals surface area contributed by atoms with Crippen LogP contribution in [0.3, 0.4) is 0 Å². The Morgan fingerprint density at radius 1 is 1.33 bits per heavy atom. The lowest BCUT2D eigenvalue weighted by molar-refractivity contribution is -0.126. The van der Waals surface area contributed by atoms with Gasteiger partial charge in [0.1, 0.15) is 6.04 Å². The van der Waals surface area contributed by atoms with Crippen molar-refractivity contribution in [3.8, 4) is 0 Å². The first-order valence-corrected chi connectivity index (χ1v) is 7.51. The molecule has 0 saturated heterocycles. The predicted molar refractivity (Wildman–Crippen MR) is 84.3 cm³/mol. The van der Waals surface area contributed by atoms with Crippen LogP contribution in [0.25, 0.3) is 0 Å². The van der Waals surface area contributed by atoms with Crippen molar-refractivity contribution >= 4 is 17.5 Å². The van der Waals surface area contributed by atoms with E-state index in [1.54, 1.807) is 0 Å². The fraction of sp³-hybridized carbons (Fsp3) is 0.529. The number of amides is 2. The molecule has 0 radical (unpaired) electrons. The van der Waals surface area contributed by atoms with Crippen LogP contribution < -0.4 is 10.2 Å². The van der Waals surface area contributed by atoms with Gasteiger partial charge in [-0.1, -0.05) is 31.5 Å².